The zero-order valence-corrected chi connectivity index (χ0v) is 11.4. The maximum absolute atomic E-state index is 6.08. The van der Waals surface area contributed by atoms with Crippen LogP contribution in [-0.4, -0.2) is 11.0 Å². The highest BCUT2D eigenvalue weighted by molar-refractivity contribution is 6.37. The summed E-state index contributed by atoms with van der Waals surface area (Å²) in [6.07, 6.45) is 4.81. The molecule has 0 aliphatic heterocycles. The predicted octanol–water partition coefficient (Wildman–Crippen LogP) is 3.96. The number of rotatable bonds is 2. The smallest absolute Gasteiger partial charge is 0.147 e. The molecule has 2 rings (SSSR count). The number of pyridine rings is 1. The average Bonchev–Trinajstić information content (AvgIpc) is 2.29. The maximum atomic E-state index is 6.08. The average molecular weight is 274 g/mol. The van der Waals surface area contributed by atoms with Crippen molar-refractivity contribution in [1.29, 1.82) is 0 Å². The number of nitrogens with zero attached hydrogens (tertiary/aromatic N) is 1. The van der Waals surface area contributed by atoms with Gasteiger partial charge in [0, 0.05) is 6.04 Å². The van der Waals surface area contributed by atoms with Crippen LogP contribution in [0, 0.1) is 5.92 Å². The molecule has 1 saturated carbocycles. The third-order valence-electron chi connectivity index (χ3n) is 3.31. The molecule has 1 aliphatic carbocycles. The van der Waals surface area contributed by atoms with Crippen LogP contribution in [-0.2, 0) is 0 Å². The molecule has 1 aromatic heterocycles. The first kappa shape index (κ1) is 12.8. The van der Waals surface area contributed by atoms with E-state index in [9.17, 15) is 0 Å². The molecule has 0 atom stereocenters. The molecule has 0 bridgehead atoms. The summed E-state index contributed by atoms with van der Waals surface area (Å²) in [5.41, 5.74) is 5.68. The van der Waals surface area contributed by atoms with Gasteiger partial charge in [0.15, 0.2) is 0 Å². The van der Waals surface area contributed by atoms with E-state index in [2.05, 4.69) is 17.2 Å². The minimum atomic E-state index is 0.322. The Morgan fingerprint density at radius 2 is 1.88 bits per heavy atom. The van der Waals surface area contributed by atoms with E-state index in [1.807, 2.05) is 0 Å². The number of hydrogen-bond acceptors (Lipinski definition) is 3. The summed E-state index contributed by atoms with van der Waals surface area (Å²) in [5, 5.41) is 4.29. The first-order valence-electron chi connectivity index (χ1n) is 5.94. The lowest BCUT2D eigenvalue weighted by Crippen LogP contribution is -2.25. The van der Waals surface area contributed by atoms with Crippen LogP contribution in [0.3, 0.4) is 0 Å². The van der Waals surface area contributed by atoms with E-state index in [-0.39, 0.29) is 0 Å². The van der Waals surface area contributed by atoms with Crippen molar-refractivity contribution in [2.24, 2.45) is 5.92 Å². The van der Waals surface area contributed by atoms with E-state index < -0.39 is 0 Å². The molecule has 0 unspecified atom stereocenters. The van der Waals surface area contributed by atoms with Crippen LogP contribution in [0.5, 0.6) is 0 Å². The second-order valence-electron chi connectivity index (χ2n) is 4.79. The van der Waals surface area contributed by atoms with Gasteiger partial charge in [0.2, 0.25) is 0 Å². The van der Waals surface area contributed by atoms with Gasteiger partial charge in [-0.3, -0.25) is 0 Å². The molecular weight excluding hydrogens is 257 g/mol. The molecule has 1 aromatic rings. The Labute approximate surface area is 112 Å². The van der Waals surface area contributed by atoms with Gasteiger partial charge < -0.3 is 11.1 Å². The summed E-state index contributed by atoms with van der Waals surface area (Å²) in [4.78, 5) is 4.19. The highest BCUT2D eigenvalue weighted by atomic mass is 35.5. The second-order valence-corrected chi connectivity index (χ2v) is 5.60. The lowest BCUT2D eigenvalue weighted by molar-refractivity contribution is 0.361. The molecule has 3 nitrogen and oxygen atoms in total. The monoisotopic (exact) mass is 273 g/mol. The Hall–Kier alpha value is -0.670. The lowest BCUT2D eigenvalue weighted by Gasteiger charge is -2.27. The first-order valence-corrected chi connectivity index (χ1v) is 6.70. The van der Waals surface area contributed by atoms with Crippen LogP contribution < -0.4 is 11.1 Å². The predicted molar refractivity (Wildman–Crippen MR) is 73.7 cm³/mol. The van der Waals surface area contributed by atoms with Crippen molar-refractivity contribution >= 4 is 34.8 Å². The Kier molecular flexibility index (Phi) is 4.00. The Bertz CT molecular complexity index is 401. The quantitative estimate of drug-likeness (QED) is 0.858. The summed E-state index contributed by atoms with van der Waals surface area (Å²) < 4.78 is 0. The van der Waals surface area contributed by atoms with Gasteiger partial charge in [0.05, 0.1) is 10.0 Å². The standard InChI is InChI=1S/C12H17Cl2N3/c1-7-2-4-8(5-3-7)16-12-10(14)6-9(13)11(15)17-12/h6-8H,2-5H2,1H3,(H3,15,16,17). The van der Waals surface area contributed by atoms with Gasteiger partial charge >= 0.3 is 0 Å². The van der Waals surface area contributed by atoms with Crippen molar-refractivity contribution in [3.63, 3.8) is 0 Å². The van der Waals surface area contributed by atoms with Crippen molar-refractivity contribution in [2.75, 3.05) is 11.1 Å². The van der Waals surface area contributed by atoms with Gasteiger partial charge in [0.1, 0.15) is 11.6 Å². The number of nitrogens with one attached hydrogen (secondary N) is 1. The van der Waals surface area contributed by atoms with E-state index in [1.54, 1.807) is 6.07 Å². The van der Waals surface area contributed by atoms with Gasteiger partial charge in [-0.05, 0) is 37.7 Å². The minimum absolute atomic E-state index is 0.322. The summed E-state index contributed by atoms with van der Waals surface area (Å²) in [7, 11) is 0. The van der Waals surface area contributed by atoms with Crippen LogP contribution in [0.2, 0.25) is 10.0 Å². The fraction of sp³-hybridized carbons (Fsp3) is 0.583. The molecule has 5 heteroatoms. The van der Waals surface area contributed by atoms with Crippen molar-refractivity contribution in [3.8, 4) is 0 Å². The third kappa shape index (κ3) is 3.17. The lowest BCUT2D eigenvalue weighted by atomic mass is 9.87. The maximum Gasteiger partial charge on any atom is 0.147 e. The van der Waals surface area contributed by atoms with Gasteiger partial charge in [-0.2, -0.15) is 0 Å². The zero-order valence-electron chi connectivity index (χ0n) is 9.84. The van der Waals surface area contributed by atoms with Crippen molar-refractivity contribution < 1.29 is 0 Å². The normalized spacial score (nSPS) is 24.6. The van der Waals surface area contributed by atoms with Crippen LogP contribution in [0.1, 0.15) is 32.6 Å². The number of nitrogens with two attached hydrogens (primary N) is 1. The van der Waals surface area contributed by atoms with E-state index in [0.717, 1.165) is 18.8 Å². The van der Waals surface area contributed by atoms with Crippen molar-refractivity contribution in [3.05, 3.63) is 16.1 Å². The summed E-state index contributed by atoms with van der Waals surface area (Å²) in [5.74, 6) is 1.79. The fourth-order valence-corrected chi connectivity index (χ4v) is 2.59. The van der Waals surface area contributed by atoms with E-state index in [0.29, 0.717) is 27.7 Å². The Morgan fingerprint density at radius 1 is 1.24 bits per heavy atom. The van der Waals surface area contributed by atoms with Gasteiger partial charge in [0.25, 0.3) is 0 Å². The van der Waals surface area contributed by atoms with Gasteiger partial charge in [-0.15, -0.1) is 0 Å². The van der Waals surface area contributed by atoms with E-state index in [4.69, 9.17) is 28.9 Å². The number of aromatic nitrogens is 1. The molecule has 1 heterocycles. The number of halogens is 2. The van der Waals surface area contributed by atoms with Gasteiger partial charge in [-0.1, -0.05) is 30.1 Å². The zero-order chi connectivity index (χ0) is 12.4. The van der Waals surface area contributed by atoms with E-state index >= 15 is 0 Å². The largest absolute Gasteiger partial charge is 0.382 e. The Balaban J connectivity index is 2.06. The fourth-order valence-electron chi connectivity index (χ4n) is 2.18. The van der Waals surface area contributed by atoms with Crippen molar-refractivity contribution in [1.82, 2.24) is 4.98 Å². The van der Waals surface area contributed by atoms with Crippen molar-refractivity contribution in [2.45, 2.75) is 38.6 Å². The SMILES string of the molecule is CC1CCC(Nc2nc(N)c(Cl)cc2Cl)CC1. The van der Waals surface area contributed by atoms with E-state index in [1.165, 1.54) is 12.8 Å². The summed E-state index contributed by atoms with van der Waals surface area (Å²) >= 11 is 11.9. The van der Waals surface area contributed by atoms with Crippen LogP contribution in [0.15, 0.2) is 6.07 Å². The van der Waals surface area contributed by atoms with Crippen LogP contribution in [0.4, 0.5) is 11.6 Å². The molecule has 0 spiro atoms. The Morgan fingerprint density at radius 3 is 2.53 bits per heavy atom. The molecule has 3 N–H and O–H groups in total. The van der Waals surface area contributed by atoms with Crippen LogP contribution >= 0.6 is 23.2 Å². The third-order valence-corrected chi connectivity index (χ3v) is 3.90. The molecule has 94 valence electrons. The molecule has 17 heavy (non-hydrogen) atoms. The first-order chi connectivity index (χ1) is 8.06. The molecule has 0 saturated heterocycles. The molecule has 0 radical (unpaired) electrons. The summed E-state index contributed by atoms with van der Waals surface area (Å²) in [6.45, 7) is 2.29. The summed E-state index contributed by atoms with van der Waals surface area (Å²) in [6, 6.07) is 2.08. The molecule has 0 amide bonds. The minimum Gasteiger partial charge on any atom is -0.382 e. The molecule has 1 aliphatic rings. The van der Waals surface area contributed by atoms with Gasteiger partial charge in [-0.25, -0.2) is 4.98 Å². The second kappa shape index (κ2) is 5.32. The number of hydrogen-bond donors (Lipinski definition) is 2. The molecule has 0 aromatic carbocycles. The van der Waals surface area contributed by atoms with Crippen LogP contribution in [0.25, 0.3) is 0 Å². The highest BCUT2D eigenvalue weighted by Gasteiger charge is 2.19. The number of anilines is 2. The molecule has 1 fully saturated rings. The topological polar surface area (TPSA) is 50.9 Å². The highest BCUT2D eigenvalue weighted by Crippen LogP contribution is 2.31. The number of nitrogen functional groups attached to an aromatic ring is 1. The molecular formula is C12H17Cl2N3.